The van der Waals surface area contributed by atoms with Crippen molar-refractivity contribution in [1.29, 1.82) is 0 Å². The Hall–Kier alpha value is -3.27. The normalized spacial score (nSPS) is 14.5. The van der Waals surface area contributed by atoms with Crippen LogP contribution in [0.2, 0.25) is 0 Å². The Labute approximate surface area is 184 Å². The molecule has 4 heteroatoms. The molecule has 0 spiro atoms. The van der Waals surface area contributed by atoms with E-state index in [9.17, 15) is 4.79 Å². The molecule has 1 heterocycles. The molecule has 0 aromatic heterocycles. The lowest BCUT2D eigenvalue weighted by atomic mass is 9.98. The summed E-state index contributed by atoms with van der Waals surface area (Å²) >= 11 is 0. The molecule has 0 saturated heterocycles. The predicted octanol–water partition coefficient (Wildman–Crippen LogP) is 6.18. The summed E-state index contributed by atoms with van der Waals surface area (Å²) in [6.45, 7) is 10.1. The van der Waals surface area contributed by atoms with Gasteiger partial charge in [-0.15, -0.1) is 0 Å². The molecule has 4 rings (SSSR count). The summed E-state index contributed by atoms with van der Waals surface area (Å²) in [5, 5.41) is 1.95. The van der Waals surface area contributed by atoms with Crippen molar-refractivity contribution in [3.8, 4) is 11.5 Å². The number of para-hydroxylation sites is 1. The van der Waals surface area contributed by atoms with Gasteiger partial charge in [-0.1, -0.05) is 50.2 Å². The van der Waals surface area contributed by atoms with Crippen molar-refractivity contribution in [2.45, 2.75) is 27.7 Å². The third-order valence-electron chi connectivity index (χ3n) is 5.40. The van der Waals surface area contributed by atoms with Crippen molar-refractivity contribution in [2.24, 2.45) is 5.92 Å². The standard InChI is InChI=1S/C27H29NO3/c1-5-30-24-15-14-19(26-21(24)11-9-13-25(26)31-6-2)16-22-20-10-7-8-12-23(20)28(27(22)29)17-18(3)4/h7-16,18H,5-6,17H2,1-4H3/b22-16-. The number of hydrogen-bond acceptors (Lipinski definition) is 3. The summed E-state index contributed by atoms with van der Waals surface area (Å²) in [5.41, 5.74) is 3.62. The fraction of sp³-hybridized carbons (Fsp3) is 0.296. The molecule has 0 saturated carbocycles. The van der Waals surface area contributed by atoms with Gasteiger partial charge >= 0.3 is 0 Å². The number of hydrogen-bond donors (Lipinski definition) is 0. The van der Waals surface area contributed by atoms with Crippen molar-refractivity contribution < 1.29 is 14.3 Å². The van der Waals surface area contributed by atoms with E-state index < -0.39 is 0 Å². The molecule has 0 bridgehead atoms. The Kier molecular flexibility index (Phi) is 5.99. The number of carbonyl (C=O) groups is 1. The Balaban J connectivity index is 1.91. The van der Waals surface area contributed by atoms with Crippen LogP contribution in [0.5, 0.6) is 11.5 Å². The SMILES string of the molecule is CCOc1ccc(/C=C2\C(=O)N(CC(C)C)c3ccccc32)c2c(OCC)cccc12. The van der Waals surface area contributed by atoms with Gasteiger partial charge in [0.2, 0.25) is 0 Å². The highest BCUT2D eigenvalue weighted by Crippen LogP contribution is 2.41. The van der Waals surface area contributed by atoms with E-state index in [1.54, 1.807) is 0 Å². The Bertz CT molecular complexity index is 1150. The monoisotopic (exact) mass is 415 g/mol. The first-order valence-corrected chi connectivity index (χ1v) is 11.0. The van der Waals surface area contributed by atoms with Crippen LogP contribution >= 0.6 is 0 Å². The van der Waals surface area contributed by atoms with Crippen LogP contribution in [0.4, 0.5) is 5.69 Å². The molecule has 0 N–H and O–H groups in total. The maximum Gasteiger partial charge on any atom is 0.259 e. The minimum atomic E-state index is 0.0471. The summed E-state index contributed by atoms with van der Waals surface area (Å²) in [6, 6.07) is 18.0. The minimum Gasteiger partial charge on any atom is -0.493 e. The second-order valence-corrected chi connectivity index (χ2v) is 8.08. The van der Waals surface area contributed by atoms with Crippen molar-refractivity contribution in [2.75, 3.05) is 24.7 Å². The van der Waals surface area contributed by atoms with Crippen LogP contribution in [0, 0.1) is 5.92 Å². The summed E-state index contributed by atoms with van der Waals surface area (Å²) < 4.78 is 11.8. The second-order valence-electron chi connectivity index (χ2n) is 8.08. The van der Waals surface area contributed by atoms with Gasteiger partial charge in [-0.2, -0.15) is 0 Å². The maximum atomic E-state index is 13.4. The van der Waals surface area contributed by atoms with Crippen LogP contribution in [0.1, 0.15) is 38.8 Å². The lowest BCUT2D eigenvalue weighted by Crippen LogP contribution is -2.30. The highest BCUT2D eigenvalue weighted by molar-refractivity contribution is 6.36. The van der Waals surface area contributed by atoms with E-state index in [0.717, 1.165) is 39.1 Å². The van der Waals surface area contributed by atoms with Crippen molar-refractivity contribution in [3.63, 3.8) is 0 Å². The van der Waals surface area contributed by atoms with E-state index in [0.29, 0.717) is 31.2 Å². The Morgan fingerprint density at radius 2 is 1.65 bits per heavy atom. The van der Waals surface area contributed by atoms with E-state index in [1.165, 1.54) is 0 Å². The first-order chi connectivity index (χ1) is 15.0. The second kappa shape index (κ2) is 8.84. The van der Waals surface area contributed by atoms with Crippen molar-refractivity contribution in [3.05, 3.63) is 65.7 Å². The molecule has 160 valence electrons. The molecule has 31 heavy (non-hydrogen) atoms. The van der Waals surface area contributed by atoms with Crippen LogP contribution in [-0.4, -0.2) is 25.7 Å². The zero-order chi connectivity index (χ0) is 22.0. The molecule has 0 fully saturated rings. The molecule has 0 unspecified atom stereocenters. The van der Waals surface area contributed by atoms with Gasteiger partial charge in [0.15, 0.2) is 0 Å². The maximum absolute atomic E-state index is 13.4. The fourth-order valence-corrected chi connectivity index (χ4v) is 4.20. The molecule has 0 radical (unpaired) electrons. The number of carbonyl (C=O) groups excluding carboxylic acids is 1. The van der Waals surface area contributed by atoms with Crippen LogP contribution in [0.15, 0.2) is 54.6 Å². The number of ether oxygens (including phenoxy) is 2. The highest BCUT2D eigenvalue weighted by Gasteiger charge is 2.32. The average Bonchev–Trinajstić information content (AvgIpc) is 3.01. The Morgan fingerprint density at radius 3 is 2.39 bits per heavy atom. The lowest BCUT2D eigenvalue weighted by molar-refractivity contribution is -0.113. The van der Waals surface area contributed by atoms with Crippen LogP contribution in [0.25, 0.3) is 22.4 Å². The molecule has 1 aliphatic rings. The largest absolute Gasteiger partial charge is 0.493 e. The van der Waals surface area contributed by atoms with Gasteiger partial charge in [0.25, 0.3) is 5.91 Å². The molecule has 1 amide bonds. The first kappa shape index (κ1) is 21.0. The van der Waals surface area contributed by atoms with Crippen molar-refractivity contribution >= 4 is 34.0 Å². The quantitative estimate of drug-likeness (QED) is 0.433. The number of fused-ring (bicyclic) bond motifs is 2. The number of anilines is 1. The lowest BCUT2D eigenvalue weighted by Gasteiger charge is -2.19. The van der Waals surface area contributed by atoms with Gasteiger partial charge in [-0.3, -0.25) is 4.79 Å². The summed E-state index contributed by atoms with van der Waals surface area (Å²) in [4.78, 5) is 15.3. The molecule has 0 aliphatic carbocycles. The molecule has 1 aliphatic heterocycles. The molecule has 4 nitrogen and oxygen atoms in total. The van der Waals surface area contributed by atoms with Gasteiger partial charge in [-0.05, 0) is 49.6 Å². The van der Waals surface area contributed by atoms with Crippen LogP contribution in [-0.2, 0) is 4.79 Å². The molecule has 3 aromatic carbocycles. The van der Waals surface area contributed by atoms with Gasteiger partial charge in [0.1, 0.15) is 11.5 Å². The number of benzene rings is 3. The van der Waals surface area contributed by atoms with Crippen molar-refractivity contribution in [1.82, 2.24) is 0 Å². The average molecular weight is 416 g/mol. The molecular weight excluding hydrogens is 386 g/mol. The topological polar surface area (TPSA) is 38.8 Å². The number of nitrogens with zero attached hydrogens (tertiary/aromatic N) is 1. The predicted molar refractivity (Wildman–Crippen MR) is 128 cm³/mol. The smallest absolute Gasteiger partial charge is 0.259 e. The minimum absolute atomic E-state index is 0.0471. The summed E-state index contributed by atoms with van der Waals surface area (Å²) in [5.74, 6) is 2.05. The fourth-order valence-electron chi connectivity index (χ4n) is 4.20. The van der Waals surface area contributed by atoms with E-state index in [4.69, 9.17) is 9.47 Å². The first-order valence-electron chi connectivity index (χ1n) is 11.0. The van der Waals surface area contributed by atoms with Gasteiger partial charge in [0, 0.05) is 28.5 Å². The highest BCUT2D eigenvalue weighted by atomic mass is 16.5. The molecule has 0 atom stereocenters. The third kappa shape index (κ3) is 3.90. The number of amides is 1. The van der Waals surface area contributed by atoms with Gasteiger partial charge in [-0.25, -0.2) is 0 Å². The van der Waals surface area contributed by atoms with Gasteiger partial charge < -0.3 is 14.4 Å². The third-order valence-corrected chi connectivity index (χ3v) is 5.40. The zero-order valence-electron chi connectivity index (χ0n) is 18.6. The van der Waals surface area contributed by atoms with E-state index in [1.807, 2.05) is 79.4 Å². The van der Waals surface area contributed by atoms with E-state index in [2.05, 4.69) is 13.8 Å². The van der Waals surface area contributed by atoms with Crippen LogP contribution in [0.3, 0.4) is 0 Å². The van der Waals surface area contributed by atoms with E-state index >= 15 is 0 Å². The van der Waals surface area contributed by atoms with Crippen LogP contribution < -0.4 is 14.4 Å². The molecule has 3 aromatic rings. The molecular formula is C27H29NO3. The van der Waals surface area contributed by atoms with E-state index in [-0.39, 0.29) is 5.91 Å². The Morgan fingerprint density at radius 1 is 0.903 bits per heavy atom. The summed E-state index contributed by atoms with van der Waals surface area (Å²) in [7, 11) is 0. The van der Waals surface area contributed by atoms with Gasteiger partial charge in [0.05, 0.1) is 18.9 Å². The number of rotatable bonds is 7. The summed E-state index contributed by atoms with van der Waals surface area (Å²) in [6.07, 6.45) is 2.00. The zero-order valence-corrected chi connectivity index (χ0v) is 18.6.